The summed E-state index contributed by atoms with van der Waals surface area (Å²) in [7, 11) is 0. The van der Waals surface area contributed by atoms with Crippen LogP contribution in [0.25, 0.3) is 0 Å². The zero-order chi connectivity index (χ0) is 16.7. The van der Waals surface area contributed by atoms with Gasteiger partial charge in [-0.1, -0.05) is 32.8 Å². The highest BCUT2D eigenvalue weighted by Crippen LogP contribution is 2.17. The molecule has 1 aromatic heterocycles. The molecule has 2 rings (SSSR count). The van der Waals surface area contributed by atoms with Gasteiger partial charge in [0.1, 0.15) is 5.82 Å². The van der Waals surface area contributed by atoms with Crippen LogP contribution in [0.15, 0.2) is 18.3 Å². The highest BCUT2D eigenvalue weighted by atomic mass is 35.5. The normalized spacial score (nSPS) is 15.6. The second-order valence-corrected chi connectivity index (χ2v) is 6.88. The maximum atomic E-state index is 11.9. The average Bonchev–Trinajstić information content (AvgIpc) is 2.81. The van der Waals surface area contributed by atoms with Gasteiger partial charge in [0.25, 0.3) is 0 Å². The maximum absolute atomic E-state index is 11.9. The van der Waals surface area contributed by atoms with E-state index in [4.69, 9.17) is 5.73 Å². The molecule has 0 saturated carbocycles. The number of nitrogens with zero attached hydrogens (tertiary/aromatic N) is 2. The third-order valence-corrected chi connectivity index (χ3v) is 4.27. The Hall–Kier alpha value is -1.04. The highest BCUT2D eigenvalue weighted by Gasteiger charge is 2.15. The number of nitrogens with one attached hydrogen (secondary N) is 1. The zero-order valence-corrected chi connectivity index (χ0v) is 16.9. The van der Waals surface area contributed by atoms with Gasteiger partial charge in [0, 0.05) is 25.8 Å². The molecule has 1 aromatic rings. The Morgan fingerprint density at radius 2 is 1.84 bits per heavy atom. The van der Waals surface area contributed by atoms with Gasteiger partial charge in [0.2, 0.25) is 5.91 Å². The van der Waals surface area contributed by atoms with Crippen molar-refractivity contribution in [3.63, 3.8) is 0 Å². The van der Waals surface area contributed by atoms with E-state index < -0.39 is 6.04 Å². The van der Waals surface area contributed by atoms with Crippen molar-refractivity contribution in [2.45, 2.75) is 58.5 Å². The number of nitrogens with two attached hydrogens (primary N) is 1. The molecule has 3 N–H and O–H groups in total. The fourth-order valence-corrected chi connectivity index (χ4v) is 2.94. The van der Waals surface area contributed by atoms with E-state index in [2.05, 4.69) is 35.1 Å². The van der Waals surface area contributed by atoms with Crippen LogP contribution in [0.3, 0.4) is 0 Å². The van der Waals surface area contributed by atoms with E-state index in [-0.39, 0.29) is 30.7 Å². The quantitative estimate of drug-likeness (QED) is 0.781. The lowest BCUT2D eigenvalue weighted by atomic mass is 10.0. The van der Waals surface area contributed by atoms with Crippen LogP contribution in [0.4, 0.5) is 5.82 Å². The lowest BCUT2D eigenvalue weighted by molar-refractivity contribution is -0.122. The third kappa shape index (κ3) is 8.25. The van der Waals surface area contributed by atoms with Crippen LogP contribution < -0.4 is 16.0 Å². The van der Waals surface area contributed by atoms with Crippen molar-refractivity contribution >= 4 is 36.5 Å². The Morgan fingerprint density at radius 1 is 1.20 bits per heavy atom. The Balaban J connectivity index is 0.00000288. The minimum absolute atomic E-state index is 0. The Bertz CT molecular complexity index is 488. The van der Waals surface area contributed by atoms with Gasteiger partial charge in [0.15, 0.2) is 0 Å². The Labute approximate surface area is 164 Å². The summed E-state index contributed by atoms with van der Waals surface area (Å²) in [4.78, 5) is 18.9. The average molecular weight is 391 g/mol. The first-order valence-corrected chi connectivity index (χ1v) is 8.79. The van der Waals surface area contributed by atoms with Crippen molar-refractivity contribution in [3.05, 3.63) is 23.9 Å². The molecule has 0 unspecified atom stereocenters. The Morgan fingerprint density at radius 3 is 2.36 bits per heavy atom. The molecule has 25 heavy (non-hydrogen) atoms. The van der Waals surface area contributed by atoms with E-state index in [9.17, 15) is 4.79 Å². The summed E-state index contributed by atoms with van der Waals surface area (Å²) in [6.07, 6.45) is 7.68. The Kier molecular flexibility index (Phi) is 11.8. The molecular weight excluding hydrogens is 359 g/mol. The number of hydrogen-bond acceptors (Lipinski definition) is 4. The van der Waals surface area contributed by atoms with E-state index in [0.29, 0.717) is 18.9 Å². The van der Waals surface area contributed by atoms with E-state index in [1.165, 1.54) is 25.7 Å². The van der Waals surface area contributed by atoms with Crippen LogP contribution in [0.1, 0.15) is 51.5 Å². The molecule has 1 aliphatic heterocycles. The van der Waals surface area contributed by atoms with E-state index in [0.717, 1.165) is 24.5 Å². The second-order valence-electron chi connectivity index (χ2n) is 6.88. The van der Waals surface area contributed by atoms with Gasteiger partial charge in [-0.25, -0.2) is 4.98 Å². The van der Waals surface area contributed by atoms with E-state index >= 15 is 0 Å². The molecule has 0 spiro atoms. The molecule has 7 heteroatoms. The molecular formula is C18H32Cl2N4O. The van der Waals surface area contributed by atoms with E-state index in [1.54, 1.807) is 0 Å². The molecule has 0 bridgehead atoms. The smallest absolute Gasteiger partial charge is 0.237 e. The first-order chi connectivity index (χ1) is 11.1. The molecule has 0 aliphatic carbocycles. The zero-order valence-electron chi connectivity index (χ0n) is 15.2. The van der Waals surface area contributed by atoms with Gasteiger partial charge in [0.05, 0.1) is 6.04 Å². The number of rotatable bonds is 6. The van der Waals surface area contributed by atoms with Crippen LogP contribution in [-0.2, 0) is 11.3 Å². The summed E-state index contributed by atoms with van der Waals surface area (Å²) in [5.74, 6) is 1.37. The number of carbonyl (C=O) groups is 1. The summed E-state index contributed by atoms with van der Waals surface area (Å²) in [5.41, 5.74) is 6.89. The second kappa shape index (κ2) is 12.3. The lowest BCUT2D eigenvalue weighted by Gasteiger charge is -2.21. The van der Waals surface area contributed by atoms with Crippen LogP contribution in [-0.4, -0.2) is 30.0 Å². The standard InChI is InChI=1S/C18H30N4O.2ClH/c1-14(2)11-16(19)18(23)21-13-15-7-8-17(20-12-15)22-9-5-3-4-6-10-22;;/h7-8,12,14,16H,3-6,9-11,13,19H2,1-2H3,(H,21,23);2*1H/t16-;;/m0../s1. The van der Waals surface area contributed by atoms with Crippen molar-refractivity contribution in [3.8, 4) is 0 Å². The van der Waals surface area contributed by atoms with Crippen molar-refractivity contribution in [2.24, 2.45) is 11.7 Å². The third-order valence-electron chi connectivity index (χ3n) is 4.27. The number of pyridine rings is 1. The number of amides is 1. The van der Waals surface area contributed by atoms with Crippen molar-refractivity contribution in [2.75, 3.05) is 18.0 Å². The summed E-state index contributed by atoms with van der Waals surface area (Å²) in [6.45, 7) is 6.80. The molecule has 0 radical (unpaired) electrons. The van der Waals surface area contributed by atoms with Crippen LogP contribution >= 0.6 is 24.8 Å². The lowest BCUT2D eigenvalue weighted by Crippen LogP contribution is -2.41. The van der Waals surface area contributed by atoms with Gasteiger partial charge >= 0.3 is 0 Å². The minimum atomic E-state index is -0.431. The summed E-state index contributed by atoms with van der Waals surface area (Å²) in [5, 5.41) is 2.90. The molecule has 1 amide bonds. The minimum Gasteiger partial charge on any atom is -0.357 e. The molecule has 2 heterocycles. The fourth-order valence-electron chi connectivity index (χ4n) is 2.94. The summed E-state index contributed by atoms with van der Waals surface area (Å²) in [6, 6.07) is 3.67. The summed E-state index contributed by atoms with van der Waals surface area (Å²) < 4.78 is 0. The van der Waals surface area contributed by atoms with Crippen molar-refractivity contribution < 1.29 is 4.79 Å². The van der Waals surface area contributed by atoms with Gasteiger partial charge in [-0.05, 0) is 36.8 Å². The molecule has 1 atom stereocenters. The number of aromatic nitrogens is 1. The van der Waals surface area contributed by atoms with Gasteiger partial charge < -0.3 is 16.0 Å². The van der Waals surface area contributed by atoms with Crippen molar-refractivity contribution in [1.82, 2.24) is 10.3 Å². The SMILES string of the molecule is CC(C)C[C@H](N)C(=O)NCc1ccc(N2CCCCCC2)nc1.Cl.Cl. The number of anilines is 1. The summed E-state index contributed by atoms with van der Waals surface area (Å²) >= 11 is 0. The number of carbonyl (C=O) groups excluding carboxylic acids is 1. The number of halogens is 2. The first kappa shape index (κ1) is 24.0. The predicted octanol–water partition coefficient (Wildman–Crippen LogP) is 3.30. The molecule has 144 valence electrons. The van der Waals surface area contributed by atoms with Gasteiger partial charge in [-0.3, -0.25) is 4.79 Å². The number of hydrogen-bond donors (Lipinski definition) is 2. The topological polar surface area (TPSA) is 71.2 Å². The van der Waals surface area contributed by atoms with Gasteiger partial charge in [-0.15, -0.1) is 24.8 Å². The molecule has 0 aromatic carbocycles. The monoisotopic (exact) mass is 390 g/mol. The molecule has 5 nitrogen and oxygen atoms in total. The van der Waals surface area contributed by atoms with Crippen LogP contribution in [0.5, 0.6) is 0 Å². The first-order valence-electron chi connectivity index (χ1n) is 8.79. The predicted molar refractivity (Wildman–Crippen MR) is 109 cm³/mol. The molecule has 1 saturated heterocycles. The largest absolute Gasteiger partial charge is 0.357 e. The molecule has 1 aliphatic rings. The maximum Gasteiger partial charge on any atom is 0.237 e. The highest BCUT2D eigenvalue weighted by molar-refractivity contribution is 5.85. The van der Waals surface area contributed by atoms with Gasteiger partial charge in [-0.2, -0.15) is 0 Å². The molecule has 1 fully saturated rings. The fraction of sp³-hybridized carbons (Fsp3) is 0.667. The van der Waals surface area contributed by atoms with E-state index in [1.807, 2.05) is 12.3 Å². The van der Waals surface area contributed by atoms with Crippen LogP contribution in [0.2, 0.25) is 0 Å². The van der Waals surface area contributed by atoms with Crippen molar-refractivity contribution in [1.29, 1.82) is 0 Å². The van der Waals surface area contributed by atoms with Crippen LogP contribution in [0, 0.1) is 5.92 Å².